The van der Waals surface area contributed by atoms with Crippen LogP contribution in [0.2, 0.25) is 10.0 Å². The normalized spacial score (nSPS) is 10.1. The molecule has 2 aromatic rings. The smallest absolute Gasteiger partial charge is 0.276 e. The van der Waals surface area contributed by atoms with Crippen LogP contribution in [0.1, 0.15) is 10.4 Å². The first kappa shape index (κ1) is 18.8. The van der Waals surface area contributed by atoms with E-state index in [4.69, 9.17) is 32.7 Å². The van der Waals surface area contributed by atoms with Gasteiger partial charge in [-0.15, -0.1) is 0 Å². The van der Waals surface area contributed by atoms with Crippen LogP contribution < -0.4 is 20.3 Å². The third-order valence-corrected chi connectivity index (χ3v) is 3.51. The molecule has 6 nitrogen and oxygen atoms in total. The molecular weight excluding hydrogens is 374 g/mol. The largest absolute Gasteiger partial charge is 0.496 e. The molecule has 0 aliphatic rings. The second-order valence-electron chi connectivity index (χ2n) is 4.71. The quantitative estimate of drug-likeness (QED) is 0.774. The van der Waals surface area contributed by atoms with Gasteiger partial charge in [0.25, 0.3) is 11.8 Å². The van der Waals surface area contributed by atoms with Gasteiger partial charge in [0, 0.05) is 11.1 Å². The van der Waals surface area contributed by atoms with E-state index in [-0.39, 0.29) is 16.3 Å². The Labute approximate surface area is 152 Å². The van der Waals surface area contributed by atoms with Crippen molar-refractivity contribution in [2.75, 3.05) is 13.7 Å². The highest BCUT2D eigenvalue weighted by molar-refractivity contribution is 6.31. The van der Waals surface area contributed by atoms with E-state index in [2.05, 4.69) is 10.9 Å². The Morgan fingerprint density at radius 1 is 1.12 bits per heavy atom. The lowest BCUT2D eigenvalue weighted by atomic mass is 10.2. The molecule has 0 heterocycles. The zero-order valence-corrected chi connectivity index (χ0v) is 14.4. The fourth-order valence-corrected chi connectivity index (χ4v) is 2.15. The van der Waals surface area contributed by atoms with Gasteiger partial charge in [-0.25, -0.2) is 4.39 Å². The average Bonchev–Trinajstić information content (AvgIpc) is 2.60. The molecule has 0 radical (unpaired) electrons. The number of methoxy groups -OCH3 is 1. The van der Waals surface area contributed by atoms with E-state index in [1.165, 1.54) is 31.4 Å². The number of benzene rings is 2. The molecule has 2 N–H and O–H groups in total. The second-order valence-corrected chi connectivity index (χ2v) is 5.56. The van der Waals surface area contributed by atoms with Crippen molar-refractivity contribution in [3.63, 3.8) is 0 Å². The number of amides is 2. The SMILES string of the molecule is COc1ccc(Cl)cc1C(=O)NNC(=O)COc1ccc(F)c(Cl)c1. The zero-order chi connectivity index (χ0) is 18.4. The number of hydrogen-bond acceptors (Lipinski definition) is 4. The lowest BCUT2D eigenvalue weighted by molar-refractivity contribution is -0.123. The maximum atomic E-state index is 13.0. The molecule has 2 aromatic carbocycles. The first-order valence-electron chi connectivity index (χ1n) is 6.91. The van der Waals surface area contributed by atoms with Crippen molar-refractivity contribution in [2.24, 2.45) is 0 Å². The van der Waals surface area contributed by atoms with Gasteiger partial charge in [0.1, 0.15) is 17.3 Å². The van der Waals surface area contributed by atoms with Crippen LogP contribution in [0.5, 0.6) is 11.5 Å². The number of carbonyl (C=O) groups is 2. The predicted molar refractivity (Wildman–Crippen MR) is 90.5 cm³/mol. The van der Waals surface area contributed by atoms with E-state index in [9.17, 15) is 14.0 Å². The van der Waals surface area contributed by atoms with E-state index in [0.29, 0.717) is 10.8 Å². The minimum atomic E-state index is -0.630. The molecule has 25 heavy (non-hydrogen) atoms. The summed E-state index contributed by atoms with van der Waals surface area (Å²) >= 11 is 11.4. The Morgan fingerprint density at radius 2 is 1.88 bits per heavy atom. The van der Waals surface area contributed by atoms with Crippen LogP contribution in [-0.2, 0) is 4.79 Å². The summed E-state index contributed by atoms with van der Waals surface area (Å²) in [6.07, 6.45) is 0. The van der Waals surface area contributed by atoms with Crippen molar-refractivity contribution in [3.05, 3.63) is 57.8 Å². The number of carbonyl (C=O) groups excluding carboxylic acids is 2. The lowest BCUT2D eigenvalue weighted by Gasteiger charge is -2.11. The van der Waals surface area contributed by atoms with Crippen LogP contribution in [0.15, 0.2) is 36.4 Å². The molecule has 0 bridgehead atoms. The third kappa shape index (κ3) is 5.23. The maximum Gasteiger partial charge on any atom is 0.276 e. The lowest BCUT2D eigenvalue weighted by Crippen LogP contribution is -2.43. The molecule has 0 unspecified atom stereocenters. The summed E-state index contributed by atoms with van der Waals surface area (Å²) in [5.41, 5.74) is 4.55. The molecule has 0 spiro atoms. The van der Waals surface area contributed by atoms with Crippen LogP contribution in [0.4, 0.5) is 4.39 Å². The topological polar surface area (TPSA) is 76.7 Å². The predicted octanol–water partition coefficient (Wildman–Crippen LogP) is 2.98. The molecular formula is C16H13Cl2FN2O4. The summed E-state index contributed by atoms with van der Waals surface area (Å²) in [5.74, 6) is -1.33. The molecule has 0 aliphatic heterocycles. The zero-order valence-electron chi connectivity index (χ0n) is 12.9. The van der Waals surface area contributed by atoms with Crippen molar-refractivity contribution < 1.29 is 23.5 Å². The van der Waals surface area contributed by atoms with Gasteiger partial charge in [0.15, 0.2) is 6.61 Å². The third-order valence-electron chi connectivity index (χ3n) is 2.98. The molecule has 9 heteroatoms. The Balaban J connectivity index is 1.88. The molecule has 0 saturated heterocycles. The Bertz CT molecular complexity index is 802. The monoisotopic (exact) mass is 386 g/mol. The molecule has 2 amide bonds. The van der Waals surface area contributed by atoms with E-state index in [1.807, 2.05) is 0 Å². The number of hydrogen-bond donors (Lipinski definition) is 2. The van der Waals surface area contributed by atoms with Gasteiger partial charge < -0.3 is 9.47 Å². The summed E-state index contributed by atoms with van der Waals surface area (Å²) < 4.78 is 23.2. The van der Waals surface area contributed by atoms with Crippen LogP contribution in [-0.4, -0.2) is 25.5 Å². The number of hydrazine groups is 1. The van der Waals surface area contributed by atoms with Crippen LogP contribution >= 0.6 is 23.2 Å². The van der Waals surface area contributed by atoms with Gasteiger partial charge in [-0.3, -0.25) is 20.4 Å². The van der Waals surface area contributed by atoms with Gasteiger partial charge in [-0.1, -0.05) is 23.2 Å². The number of rotatable bonds is 5. The Hall–Kier alpha value is -2.51. The van der Waals surface area contributed by atoms with E-state index >= 15 is 0 Å². The van der Waals surface area contributed by atoms with Crippen molar-refractivity contribution >= 4 is 35.0 Å². The Kier molecular flexibility index (Phi) is 6.44. The minimum Gasteiger partial charge on any atom is -0.496 e. The number of halogens is 3. The van der Waals surface area contributed by atoms with E-state index in [0.717, 1.165) is 6.07 Å². The van der Waals surface area contributed by atoms with Crippen molar-refractivity contribution in [1.82, 2.24) is 10.9 Å². The highest BCUT2D eigenvalue weighted by Crippen LogP contribution is 2.22. The summed E-state index contributed by atoms with van der Waals surface area (Å²) in [6.45, 7) is -0.408. The second kappa shape index (κ2) is 8.55. The fraction of sp³-hybridized carbons (Fsp3) is 0.125. The summed E-state index contributed by atoms with van der Waals surface area (Å²) in [4.78, 5) is 23.8. The van der Waals surface area contributed by atoms with Gasteiger partial charge in [0.2, 0.25) is 0 Å². The summed E-state index contributed by atoms with van der Waals surface area (Å²) in [6, 6.07) is 8.17. The van der Waals surface area contributed by atoms with Crippen LogP contribution in [0.25, 0.3) is 0 Å². The molecule has 0 aromatic heterocycles. The fourth-order valence-electron chi connectivity index (χ4n) is 1.80. The molecule has 0 saturated carbocycles. The molecule has 0 fully saturated rings. The van der Waals surface area contributed by atoms with Crippen molar-refractivity contribution in [2.45, 2.75) is 0 Å². The van der Waals surface area contributed by atoms with E-state index < -0.39 is 24.2 Å². The number of nitrogens with one attached hydrogen (secondary N) is 2. The van der Waals surface area contributed by atoms with Crippen molar-refractivity contribution in [3.8, 4) is 11.5 Å². The first-order chi connectivity index (χ1) is 11.9. The van der Waals surface area contributed by atoms with Crippen LogP contribution in [0, 0.1) is 5.82 Å². The van der Waals surface area contributed by atoms with Gasteiger partial charge in [-0.05, 0) is 30.3 Å². The van der Waals surface area contributed by atoms with Gasteiger partial charge >= 0.3 is 0 Å². The molecule has 0 atom stereocenters. The van der Waals surface area contributed by atoms with Crippen molar-refractivity contribution in [1.29, 1.82) is 0 Å². The maximum absolute atomic E-state index is 13.0. The standard InChI is InChI=1S/C16H13Cl2FN2O4/c1-24-14-5-2-9(17)6-11(14)16(23)21-20-15(22)8-25-10-3-4-13(19)12(18)7-10/h2-7H,8H2,1H3,(H,20,22)(H,21,23). The average molecular weight is 387 g/mol. The Morgan fingerprint density at radius 3 is 2.56 bits per heavy atom. The van der Waals surface area contributed by atoms with Crippen LogP contribution in [0.3, 0.4) is 0 Å². The highest BCUT2D eigenvalue weighted by atomic mass is 35.5. The van der Waals surface area contributed by atoms with Gasteiger partial charge in [-0.2, -0.15) is 0 Å². The summed E-state index contributed by atoms with van der Waals surface area (Å²) in [5, 5.41) is 0.216. The van der Waals surface area contributed by atoms with Gasteiger partial charge in [0.05, 0.1) is 17.7 Å². The minimum absolute atomic E-state index is 0.126. The molecule has 132 valence electrons. The molecule has 0 aliphatic carbocycles. The van der Waals surface area contributed by atoms with E-state index in [1.54, 1.807) is 6.07 Å². The first-order valence-corrected chi connectivity index (χ1v) is 7.67. The highest BCUT2D eigenvalue weighted by Gasteiger charge is 2.14. The summed E-state index contributed by atoms with van der Waals surface area (Å²) in [7, 11) is 1.40. The number of ether oxygens (including phenoxy) is 2. The molecule has 2 rings (SSSR count).